The summed E-state index contributed by atoms with van der Waals surface area (Å²) in [7, 11) is -8.02. The van der Waals surface area contributed by atoms with Crippen molar-refractivity contribution in [3.63, 3.8) is 0 Å². The van der Waals surface area contributed by atoms with E-state index in [1.165, 1.54) is 0 Å². The minimum absolute atomic E-state index is 0.00593. The van der Waals surface area contributed by atoms with E-state index in [1.807, 2.05) is 38.1 Å². The molecule has 0 bridgehead atoms. The third-order valence-electron chi connectivity index (χ3n) is 9.66. The fraction of sp³-hybridized carbons (Fsp3) is 0.294. The van der Waals surface area contributed by atoms with Gasteiger partial charge in [-0.1, -0.05) is 83.9 Å². The summed E-state index contributed by atoms with van der Waals surface area (Å²) in [6.45, 7) is 3.80. The molecular formula is C34H32O6S2. The molecule has 3 aliphatic carbocycles. The minimum atomic E-state index is -4.01. The third kappa shape index (κ3) is 4.11. The molecule has 42 heavy (non-hydrogen) atoms. The van der Waals surface area contributed by atoms with Crippen LogP contribution in [-0.2, 0) is 41.4 Å². The largest absolute Gasteiger partial charge is 0.296 e. The summed E-state index contributed by atoms with van der Waals surface area (Å²) in [6.07, 6.45) is 1.28. The Balaban J connectivity index is 1.29. The number of rotatable bonds is 8. The van der Waals surface area contributed by atoms with Crippen LogP contribution in [0, 0.1) is 24.7 Å². The van der Waals surface area contributed by atoms with Crippen LogP contribution in [0.4, 0.5) is 0 Å². The molecule has 0 amide bonds. The lowest BCUT2D eigenvalue weighted by molar-refractivity contribution is -0.129. The van der Waals surface area contributed by atoms with Crippen LogP contribution >= 0.6 is 0 Å². The first-order valence-corrected chi connectivity index (χ1v) is 17.0. The van der Waals surface area contributed by atoms with E-state index in [1.54, 1.807) is 48.5 Å². The standard InChI is InChI=1S/C34H32O6S2/c1-23-11-15-27(16-12-23)41(35,36)39-21-33-19-25-7-3-5-9-29(25)31(33)34(20-26-8-4-6-10-30(26)32(33)34)22-40-42(37,38)28-17-13-24(2)14-18-28/h3-18,31-32H,19-22H2,1-2H3. The zero-order valence-corrected chi connectivity index (χ0v) is 25.1. The predicted octanol–water partition coefficient (Wildman–Crippen LogP) is 6.08. The fourth-order valence-electron chi connectivity index (χ4n) is 8.05. The molecule has 216 valence electrons. The summed E-state index contributed by atoms with van der Waals surface area (Å²) in [5.74, 6) is -0.278. The maximum absolute atomic E-state index is 13.4. The molecule has 4 aromatic rings. The van der Waals surface area contributed by atoms with Gasteiger partial charge >= 0.3 is 0 Å². The van der Waals surface area contributed by atoms with Crippen molar-refractivity contribution in [2.45, 2.75) is 48.3 Å². The molecule has 0 radical (unpaired) electrons. The van der Waals surface area contributed by atoms with Gasteiger partial charge < -0.3 is 0 Å². The van der Waals surface area contributed by atoms with E-state index in [0.29, 0.717) is 12.8 Å². The van der Waals surface area contributed by atoms with Crippen LogP contribution in [0.5, 0.6) is 0 Å². The van der Waals surface area contributed by atoms with Crippen molar-refractivity contribution >= 4 is 20.2 Å². The quantitative estimate of drug-likeness (QED) is 0.228. The zero-order valence-electron chi connectivity index (χ0n) is 23.5. The molecule has 0 spiro atoms. The van der Waals surface area contributed by atoms with Gasteiger partial charge in [-0.3, -0.25) is 8.37 Å². The molecule has 0 N–H and O–H groups in total. The van der Waals surface area contributed by atoms with Crippen LogP contribution in [0.25, 0.3) is 0 Å². The summed E-state index contributed by atoms with van der Waals surface area (Å²) in [5, 5.41) is 0. The molecule has 1 saturated carbocycles. The summed E-state index contributed by atoms with van der Waals surface area (Å²) >= 11 is 0. The van der Waals surface area contributed by atoms with Gasteiger partial charge in [0.05, 0.1) is 23.0 Å². The molecule has 1 fully saturated rings. The highest BCUT2D eigenvalue weighted by Crippen LogP contribution is 2.80. The maximum Gasteiger partial charge on any atom is 0.296 e. The van der Waals surface area contributed by atoms with Gasteiger partial charge in [0.2, 0.25) is 0 Å². The van der Waals surface area contributed by atoms with Crippen molar-refractivity contribution in [2.24, 2.45) is 10.8 Å². The van der Waals surface area contributed by atoms with Crippen LogP contribution in [0.2, 0.25) is 0 Å². The monoisotopic (exact) mass is 600 g/mol. The first kappa shape index (κ1) is 27.5. The van der Waals surface area contributed by atoms with E-state index >= 15 is 0 Å². The van der Waals surface area contributed by atoms with Crippen molar-refractivity contribution in [3.8, 4) is 0 Å². The van der Waals surface area contributed by atoms with Crippen molar-refractivity contribution < 1.29 is 25.2 Å². The van der Waals surface area contributed by atoms with E-state index in [0.717, 1.165) is 33.4 Å². The van der Waals surface area contributed by atoms with Gasteiger partial charge in [0, 0.05) is 22.7 Å². The molecule has 8 heteroatoms. The van der Waals surface area contributed by atoms with Gasteiger partial charge in [-0.2, -0.15) is 16.8 Å². The molecule has 3 aliphatic rings. The number of fused-ring (bicyclic) bond motifs is 8. The number of aryl methyl sites for hydroxylation is 2. The van der Waals surface area contributed by atoms with Gasteiger partial charge in [0.15, 0.2) is 0 Å². The van der Waals surface area contributed by atoms with E-state index in [-0.39, 0.29) is 34.8 Å². The zero-order chi connectivity index (χ0) is 29.3. The third-order valence-corrected chi connectivity index (χ3v) is 12.2. The Labute approximate surface area is 247 Å². The lowest BCUT2D eigenvalue weighted by atomic mass is 9.40. The van der Waals surface area contributed by atoms with Crippen molar-refractivity contribution in [2.75, 3.05) is 13.2 Å². The average molecular weight is 601 g/mol. The molecule has 0 heterocycles. The first-order chi connectivity index (χ1) is 20.1. The second kappa shape index (κ2) is 9.61. The lowest BCUT2D eigenvalue weighted by Gasteiger charge is -2.64. The van der Waals surface area contributed by atoms with Crippen molar-refractivity contribution in [1.29, 1.82) is 0 Å². The SMILES string of the molecule is Cc1ccc(S(=O)(=O)OCC23Cc4ccccc4C2C2(COS(=O)(=O)c4ccc(C)cc4)Cc4ccccc4C32)cc1. The molecule has 4 aromatic carbocycles. The Morgan fingerprint density at radius 3 is 1.31 bits per heavy atom. The summed E-state index contributed by atoms with van der Waals surface area (Å²) in [4.78, 5) is 0.253. The fourth-order valence-corrected chi connectivity index (χ4v) is 10.0. The van der Waals surface area contributed by atoms with E-state index < -0.39 is 31.1 Å². The second-order valence-corrected chi connectivity index (χ2v) is 15.4. The molecule has 0 aromatic heterocycles. The Morgan fingerprint density at radius 1 is 0.571 bits per heavy atom. The molecule has 0 atom stereocenters. The Morgan fingerprint density at radius 2 is 0.929 bits per heavy atom. The first-order valence-electron chi connectivity index (χ1n) is 14.1. The van der Waals surface area contributed by atoms with Gasteiger partial charge in [-0.05, 0) is 73.2 Å². The lowest BCUT2D eigenvalue weighted by Crippen LogP contribution is -2.62. The van der Waals surface area contributed by atoms with Crippen LogP contribution in [0.1, 0.15) is 45.2 Å². The van der Waals surface area contributed by atoms with Gasteiger partial charge in [0.25, 0.3) is 20.2 Å². The van der Waals surface area contributed by atoms with Crippen LogP contribution in [-0.4, -0.2) is 30.0 Å². The van der Waals surface area contributed by atoms with Gasteiger partial charge in [-0.25, -0.2) is 0 Å². The Kier molecular flexibility index (Phi) is 6.30. The molecule has 0 aliphatic heterocycles. The second-order valence-electron chi connectivity index (χ2n) is 12.1. The Bertz CT molecular complexity index is 1750. The molecule has 6 nitrogen and oxygen atoms in total. The summed E-state index contributed by atoms with van der Waals surface area (Å²) in [6, 6.07) is 29.7. The topological polar surface area (TPSA) is 86.7 Å². The number of hydrogen-bond acceptors (Lipinski definition) is 6. The van der Waals surface area contributed by atoms with Gasteiger partial charge in [-0.15, -0.1) is 0 Å². The van der Waals surface area contributed by atoms with Crippen LogP contribution in [0.15, 0.2) is 107 Å². The van der Waals surface area contributed by atoms with E-state index in [9.17, 15) is 16.8 Å². The van der Waals surface area contributed by atoms with E-state index in [4.69, 9.17) is 8.37 Å². The number of hydrogen-bond donors (Lipinski definition) is 0. The highest BCUT2D eigenvalue weighted by molar-refractivity contribution is 7.87. The van der Waals surface area contributed by atoms with Crippen molar-refractivity contribution in [3.05, 3.63) is 130 Å². The molecule has 0 saturated heterocycles. The average Bonchev–Trinajstić information content (AvgIpc) is 3.43. The highest BCUT2D eigenvalue weighted by atomic mass is 32.2. The normalized spacial score (nSPS) is 25.7. The van der Waals surface area contributed by atoms with Gasteiger partial charge in [0.1, 0.15) is 0 Å². The van der Waals surface area contributed by atoms with Crippen molar-refractivity contribution in [1.82, 2.24) is 0 Å². The molecule has 0 unspecified atom stereocenters. The maximum atomic E-state index is 13.4. The Hall–Kier alpha value is -3.30. The molecular weight excluding hydrogens is 569 g/mol. The van der Waals surface area contributed by atoms with E-state index in [2.05, 4.69) is 24.3 Å². The number of benzene rings is 4. The minimum Gasteiger partial charge on any atom is -0.266 e. The van der Waals surface area contributed by atoms with Crippen LogP contribution < -0.4 is 0 Å². The summed E-state index contributed by atoms with van der Waals surface area (Å²) in [5.41, 5.74) is 5.33. The summed E-state index contributed by atoms with van der Waals surface area (Å²) < 4.78 is 65.3. The highest BCUT2D eigenvalue weighted by Gasteiger charge is 2.76. The predicted molar refractivity (Wildman–Crippen MR) is 159 cm³/mol. The van der Waals surface area contributed by atoms with Crippen LogP contribution in [0.3, 0.4) is 0 Å². The molecule has 7 rings (SSSR count). The smallest absolute Gasteiger partial charge is 0.266 e.